The first-order valence-electron chi connectivity index (χ1n) is 14.6. The topological polar surface area (TPSA) is 35.5 Å². The van der Waals surface area contributed by atoms with Gasteiger partial charge in [0.15, 0.2) is 0 Å². The molecule has 3 heteroatoms. The van der Waals surface area contributed by atoms with E-state index in [9.17, 15) is 4.79 Å². The van der Waals surface area contributed by atoms with E-state index in [1.165, 1.54) is 50.5 Å². The highest BCUT2D eigenvalue weighted by Crippen LogP contribution is 2.65. The van der Waals surface area contributed by atoms with E-state index in [4.69, 9.17) is 9.47 Å². The number of carbonyl (C=O) groups excluding carboxylic acids is 1. The van der Waals surface area contributed by atoms with Crippen LogP contribution in [-0.2, 0) is 9.47 Å². The zero-order valence-electron chi connectivity index (χ0n) is 23.6. The van der Waals surface area contributed by atoms with Gasteiger partial charge in [0.25, 0.3) is 0 Å². The van der Waals surface area contributed by atoms with Crippen LogP contribution in [0.5, 0.6) is 0 Å². The lowest BCUT2D eigenvalue weighted by molar-refractivity contribution is -0.0495. The molecule has 0 unspecified atom stereocenters. The molecule has 0 amide bonds. The van der Waals surface area contributed by atoms with Gasteiger partial charge >= 0.3 is 6.16 Å². The first-order chi connectivity index (χ1) is 16.1. The van der Waals surface area contributed by atoms with Gasteiger partial charge < -0.3 is 9.47 Å². The van der Waals surface area contributed by atoms with Crippen LogP contribution in [0.2, 0.25) is 0 Å². The molecule has 0 aromatic rings. The summed E-state index contributed by atoms with van der Waals surface area (Å²) in [5.41, 5.74) is 2.25. The van der Waals surface area contributed by atoms with Crippen molar-refractivity contribution in [2.45, 2.75) is 126 Å². The van der Waals surface area contributed by atoms with Gasteiger partial charge in [0.05, 0.1) is 6.61 Å². The van der Waals surface area contributed by atoms with Crippen molar-refractivity contribution in [2.75, 3.05) is 6.61 Å². The predicted octanol–water partition coefficient (Wildman–Crippen LogP) is 9.21. The molecule has 0 aliphatic heterocycles. The Morgan fingerprint density at radius 3 is 2.44 bits per heavy atom. The summed E-state index contributed by atoms with van der Waals surface area (Å²) in [4.78, 5) is 11.9. The third kappa shape index (κ3) is 5.54. The van der Waals surface area contributed by atoms with E-state index in [0.717, 1.165) is 54.8 Å². The van der Waals surface area contributed by atoms with E-state index < -0.39 is 6.16 Å². The molecule has 3 rings (SSSR count). The van der Waals surface area contributed by atoms with Crippen LogP contribution in [0.1, 0.15) is 120 Å². The number of hydrogen-bond acceptors (Lipinski definition) is 3. The van der Waals surface area contributed by atoms with Gasteiger partial charge in [-0.25, -0.2) is 4.79 Å². The van der Waals surface area contributed by atoms with Gasteiger partial charge in [-0.05, 0) is 98.7 Å². The molecule has 3 aliphatic carbocycles. The van der Waals surface area contributed by atoms with Gasteiger partial charge in [0.2, 0.25) is 0 Å². The third-order valence-electron chi connectivity index (χ3n) is 10.7. The molecule has 34 heavy (non-hydrogen) atoms. The molecule has 0 bridgehead atoms. The standard InChI is InChI=1S/C31H54O3/c1-9-24-20-25(34-29(32)33-10-2)16-18-30(24,7)28-17-19-31(8)26(14-15-27(31)23(28)6)22(5)13-11-12-21(3)4/h9,21-23,25-28H,10-20H2,1-8H3/t22-,23+,25+,26-,27+,28+,30+,31-/m0/s1. The summed E-state index contributed by atoms with van der Waals surface area (Å²) in [6, 6.07) is 0. The molecule has 3 aliphatic rings. The molecule has 3 saturated carbocycles. The Morgan fingerprint density at radius 2 is 1.79 bits per heavy atom. The maximum absolute atomic E-state index is 11.9. The summed E-state index contributed by atoms with van der Waals surface area (Å²) in [5, 5.41) is 0. The number of rotatable bonds is 8. The Kier molecular flexibility index (Phi) is 9.24. The molecule has 196 valence electrons. The van der Waals surface area contributed by atoms with E-state index in [1.807, 2.05) is 6.92 Å². The van der Waals surface area contributed by atoms with Gasteiger partial charge in [-0.1, -0.05) is 72.5 Å². The molecular formula is C31H54O3. The summed E-state index contributed by atoms with van der Waals surface area (Å²) in [6.07, 6.45) is 14.5. The minimum atomic E-state index is -0.507. The van der Waals surface area contributed by atoms with Gasteiger partial charge in [0.1, 0.15) is 6.10 Å². The highest BCUT2D eigenvalue weighted by Gasteiger charge is 2.57. The van der Waals surface area contributed by atoms with Crippen LogP contribution >= 0.6 is 0 Å². The van der Waals surface area contributed by atoms with Crippen molar-refractivity contribution >= 4 is 6.16 Å². The first kappa shape index (κ1) is 27.6. The molecule has 0 heterocycles. The smallest absolute Gasteiger partial charge is 0.435 e. The summed E-state index contributed by atoms with van der Waals surface area (Å²) in [5.74, 6) is 4.93. The van der Waals surface area contributed by atoms with Crippen LogP contribution in [-0.4, -0.2) is 18.9 Å². The van der Waals surface area contributed by atoms with E-state index >= 15 is 0 Å². The Balaban J connectivity index is 1.67. The minimum absolute atomic E-state index is 0.0370. The molecule has 0 aromatic carbocycles. The number of hydrogen-bond donors (Lipinski definition) is 0. The van der Waals surface area contributed by atoms with Crippen molar-refractivity contribution in [3.05, 3.63) is 11.6 Å². The molecule has 0 N–H and O–H groups in total. The highest BCUT2D eigenvalue weighted by atomic mass is 16.7. The molecule has 0 radical (unpaired) electrons. The normalized spacial score (nSPS) is 40.3. The van der Waals surface area contributed by atoms with Gasteiger partial charge in [0, 0.05) is 6.42 Å². The zero-order chi connectivity index (χ0) is 25.1. The largest absolute Gasteiger partial charge is 0.508 e. The average molecular weight is 475 g/mol. The van der Waals surface area contributed by atoms with Crippen LogP contribution in [0.15, 0.2) is 11.6 Å². The Labute approximate surface area is 210 Å². The van der Waals surface area contributed by atoms with Crippen LogP contribution in [0.3, 0.4) is 0 Å². The first-order valence-corrected chi connectivity index (χ1v) is 14.6. The summed E-state index contributed by atoms with van der Waals surface area (Å²) < 4.78 is 10.7. The van der Waals surface area contributed by atoms with Gasteiger partial charge in [-0.3, -0.25) is 0 Å². The molecule has 8 atom stereocenters. The van der Waals surface area contributed by atoms with Crippen molar-refractivity contribution in [1.82, 2.24) is 0 Å². The Bertz CT molecular complexity index is 711. The van der Waals surface area contributed by atoms with E-state index in [-0.39, 0.29) is 11.5 Å². The summed E-state index contributed by atoms with van der Waals surface area (Å²) in [6.45, 7) is 19.4. The molecule has 0 spiro atoms. The van der Waals surface area contributed by atoms with Crippen LogP contribution < -0.4 is 0 Å². The van der Waals surface area contributed by atoms with E-state index in [1.54, 1.807) is 0 Å². The average Bonchev–Trinajstić information content (AvgIpc) is 3.13. The monoisotopic (exact) mass is 474 g/mol. The van der Waals surface area contributed by atoms with Crippen molar-refractivity contribution in [3.8, 4) is 0 Å². The lowest BCUT2D eigenvalue weighted by Gasteiger charge is -2.55. The third-order valence-corrected chi connectivity index (χ3v) is 10.7. The maximum atomic E-state index is 11.9. The van der Waals surface area contributed by atoms with Gasteiger partial charge in [-0.15, -0.1) is 0 Å². The lowest BCUT2D eigenvalue weighted by Crippen LogP contribution is -2.48. The highest BCUT2D eigenvalue weighted by molar-refractivity contribution is 5.60. The Morgan fingerprint density at radius 1 is 1.06 bits per heavy atom. The van der Waals surface area contributed by atoms with Crippen LogP contribution in [0.25, 0.3) is 0 Å². The zero-order valence-corrected chi connectivity index (χ0v) is 23.6. The molecule has 0 aromatic heterocycles. The fourth-order valence-electron chi connectivity index (χ4n) is 8.88. The maximum Gasteiger partial charge on any atom is 0.508 e. The molecular weight excluding hydrogens is 420 g/mol. The number of allylic oxidation sites excluding steroid dienone is 1. The van der Waals surface area contributed by atoms with E-state index in [2.05, 4.69) is 54.5 Å². The van der Waals surface area contributed by atoms with Crippen molar-refractivity contribution < 1.29 is 14.3 Å². The molecule has 0 saturated heterocycles. The fraction of sp³-hybridized carbons (Fsp3) is 0.903. The van der Waals surface area contributed by atoms with E-state index in [0.29, 0.717) is 12.0 Å². The number of carbonyl (C=O) groups is 1. The van der Waals surface area contributed by atoms with Gasteiger partial charge in [-0.2, -0.15) is 0 Å². The number of fused-ring (bicyclic) bond motifs is 1. The van der Waals surface area contributed by atoms with Crippen molar-refractivity contribution in [2.24, 2.45) is 46.3 Å². The second-order valence-corrected chi connectivity index (χ2v) is 13.0. The molecule has 3 fully saturated rings. The fourth-order valence-corrected chi connectivity index (χ4v) is 8.88. The quantitative estimate of drug-likeness (QED) is 0.260. The molecule has 3 nitrogen and oxygen atoms in total. The summed E-state index contributed by atoms with van der Waals surface area (Å²) >= 11 is 0. The van der Waals surface area contributed by atoms with Crippen LogP contribution in [0, 0.1) is 46.3 Å². The second-order valence-electron chi connectivity index (χ2n) is 13.0. The van der Waals surface area contributed by atoms with Crippen LogP contribution in [0.4, 0.5) is 4.79 Å². The Hall–Kier alpha value is -0.990. The lowest BCUT2D eigenvalue weighted by atomic mass is 9.49. The predicted molar refractivity (Wildman–Crippen MR) is 142 cm³/mol. The summed E-state index contributed by atoms with van der Waals surface area (Å²) in [7, 11) is 0. The second kappa shape index (κ2) is 11.4. The minimum Gasteiger partial charge on any atom is -0.435 e. The van der Waals surface area contributed by atoms with Crippen molar-refractivity contribution in [1.29, 1.82) is 0 Å². The number of ether oxygens (including phenoxy) is 2. The van der Waals surface area contributed by atoms with Crippen molar-refractivity contribution in [3.63, 3.8) is 0 Å². The SMILES string of the molecule is CC=C1C[C@H](OC(=O)OCC)CC[C@@]1(C)[C@@H]1CC[C@]2(C)[C@H](CC[C@H]2[C@@H](C)CCCC(C)C)[C@H]1C.